The number of ether oxygens (including phenoxy) is 1. The maximum absolute atomic E-state index is 12.1. The van der Waals surface area contributed by atoms with Gasteiger partial charge >= 0.3 is 0 Å². The van der Waals surface area contributed by atoms with Gasteiger partial charge in [-0.15, -0.1) is 0 Å². The van der Waals surface area contributed by atoms with Crippen LogP contribution in [0.4, 0.5) is 0 Å². The van der Waals surface area contributed by atoms with E-state index >= 15 is 0 Å². The van der Waals surface area contributed by atoms with E-state index in [0.29, 0.717) is 18.3 Å². The summed E-state index contributed by atoms with van der Waals surface area (Å²) in [5.74, 6) is 0.572. The fourth-order valence-corrected chi connectivity index (χ4v) is 2.43. The molecule has 2 N–H and O–H groups in total. The summed E-state index contributed by atoms with van der Waals surface area (Å²) in [4.78, 5) is 17.8. The van der Waals surface area contributed by atoms with Gasteiger partial charge in [0.15, 0.2) is 6.61 Å². The normalized spacial score (nSPS) is 21.6. The first-order chi connectivity index (χ1) is 10.4. The Morgan fingerprint density at radius 2 is 2.23 bits per heavy atom. The molecule has 1 aliphatic rings. The first-order valence-electron chi connectivity index (χ1n) is 7.64. The molecule has 1 aliphatic heterocycles. The summed E-state index contributed by atoms with van der Waals surface area (Å²) >= 11 is 0. The summed E-state index contributed by atoms with van der Waals surface area (Å²) in [5, 5.41) is 0. The van der Waals surface area contributed by atoms with Crippen molar-refractivity contribution >= 4 is 5.91 Å². The molecular formula is C16H26N4O2. The Labute approximate surface area is 132 Å². The number of aromatic nitrogens is 1. The van der Waals surface area contributed by atoms with Gasteiger partial charge in [0.1, 0.15) is 5.75 Å². The monoisotopic (exact) mass is 306 g/mol. The molecule has 2 rings (SSSR count). The Bertz CT molecular complexity index is 487. The maximum Gasteiger partial charge on any atom is 0.260 e. The summed E-state index contributed by atoms with van der Waals surface area (Å²) < 4.78 is 5.44. The van der Waals surface area contributed by atoms with Gasteiger partial charge < -0.3 is 9.64 Å². The molecular weight excluding hydrogens is 280 g/mol. The second-order valence-corrected chi connectivity index (χ2v) is 6.89. The van der Waals surface area contributed by atoms with E-state index in [1.165, 1.54) is 0 Å². The van der Waals surface area contributed by atoms with Gasteiger partial charge in [0.25, 0.3) is 5.91 Å². The van der Waals surface area contributed by atoms with E-state index in [9.17, 15) is 4.79 Å². The third-order valence-corrected chi connectivity index (χ3v) is 3.94. The number of amides is 1. The minimum atomic E-state index is -0.0372. The summed E-state index contributed by atoms with van der Waals surface area (Å²) in [5.41, 5.74) is 6.80. The zero-order chi connectivity index (χ0) is 16.2. The Morgan fingerprint density at radius 3 is 2.82 bits per heavy atom. The minimum absolute atomic E-state index is 0.0328. The number of hydrazine groups is 1. The van der Waals surface area contributed by atoms with Gasteiger partial charge in [-0.2, -0.15) is 0 Å². The molecule has 0 aromatic carbocycles. The van der Waals surface area contributed by atoms with Gasteiger partial charge in [-0.3, -0.25) is 20.6 Å². The van der Waals surface area contributed by atoms with Gasteiger partial charge in [0.2, 0.25) is 0 Å². The van der Waals surface area contributed by atoms with Crippen LogP contribution in [0.3, 0.4) is 0 Å². The van der Waals surface area contributed by atoms with E-state index in [1.54, 1.807) is 36.5 Å². The average Bonchev–Trinajstić information content (AvgIpc) is 2.94. The van der Waals surface area contributed by atoms with Crippen LogP contribution in [0.5, 0.6) is 5.75 Å². The molecule has 22 heavy (non-hydrogen) atoms. The molecule has 122 valence electrons. The van der Waals surface area contributed by atoms with Crippen LogP contribution in [0, 0.1) is 5.41 Å². The number of likely N-dealkylation sites (N-methyl/N-ethyl adjacent to an activating group) is 1. The Morgan fingerprint density at radius 1 is 1.45 bits per heavy atom. The molecule has 0 aliphatic carbocycles. The average molecular weight is 306 g/mol. The predicted octanol–water partition coefficient (Wildman–Crippen LogP) is 1.20. The topological polar surface area (TPSA) is 66.5 Å². The molecule has 1 fully saturated rings. The number of hydrogen-bond donors (Lipinski definition) is 2. The van der Waals surface area contributed by atoms with E-state index in [1.807, 2.05) is 0 Å². The lowest BCUT2D eigenvalue weighted by atomic mass is 9.84. The smallest absolute Gasteiger partial charge is 0.260 e. The quantitative estimate of drug-likeness (QED) is 0.856. The number of hydrogen-bond acceptors (Lipinski definition) is 5. The lowest BCUT2D eigenvalue weighted by Crippen LogP contribution is -2.43. The number of carbonyl (C=O) groups excluding carboxylic acids is 1. The first-order valence-corrected chi connectivity index (χ1v) is 7.64. The van der Waals surface area contributed by atoms with E-state index in [2.05, 4.69) is 36.6 Å². The van der Waals surface area contributed by atoms with Crippen LogP contribution < -0.4 is 15.6 Å². The molecule has 1 saturated heterocycles. The minimum Gasteiger partial charge on any atom is -0.482 e. The highest BCUT2D eigenvalue weighted by molar-refractivity contribution is 5.77. The van der Waals surface area contributed by atoms with Crippen LogP contribution in [0.15, 0.2) is 24.5 Å². The number of nitrogens with zero attached hydrogens (tertiary/aromatic N) is 2. The van der Waals surface area contributed by atoms with Gasteiger partial charge in [0.05, 0.1) is 6.20 Å². The van der Waals surface area contributed by atoms with Crippen LogP contribution in [0.25, 0.3) is 0 Å². The summed E-state index contributed by atoms with van der Waals surface area (Å²) in [6, 6.07) is 4.24. The largest absolute Gasteiger partial charge is 0.482 e. The van der Waals surface area contributed by atoms with Crippen molar-refractivity contribution in [1.29, 1.82) is 0 Å². The molecule has 6 nitrogen and oxygen atoms in total. The third-order valence-electron chi connectivity index (χ3n) is 3.94. The van der Waals surface area contributed by atoms with Crippen molar-refractivity contribution in [3.8, 4) is 5.75 Å². The molecule has 0 radical (unpaired) electrons. The number of nitrogens with one attached hydrogen (secondary N) is 2. The maximum atomic E-state index is 12.1. The van der Waals surface area contributed by atoms with Crippen LogP contribution in [0.2, 0.25) is 0 Å². The first kappa shape index (κ1) is 16.7. The van der Waals surface area contributed by atoms with E-state index < -0.39 is 0 Å². The van der Waals surface area contributed by atoms with Gasteiger partial charge in [-0.25, -0.2) is 0 Å². The lowest BCUT2D eigenvalue weighted by Gasteiger charge is -2.26. The zero-order valence-electron chi connectivity index (χ0n) is 13.8. The highest BCUT2D eigenvalue weighted by Crippen LogP contribution is 2.25. The highest BCUT2D eigenvalue weighted by Gasteiger charge is 2.33. The van der Waals surface area contributed by atoms with Crippen LogP contribution in [-0.4, -0.2) is 48.1 Å². The molecule has 1 amide bonds. The van der Waals surface area contributed by atoms with Gasteiger partial charge in [0, 0.05) is 31.9 Å². The van der Waals surface area contributed by atoms with Crippen molar-refractivity contribution in [2.45, 2.75) is 39.3 Å². The molecule has 2 atom stereocenters. The fraction of sp³-hybridized carbons (Fsp3) is 0.625. The predicted molar refractivity (Wildman–Crippen MR) is 85.3 cm³/mol. The highest BCUT2D eigenvalue weighted by atomic mass is 16.5. The van der Waals surface area contributed by atoms with Crippen LogP contribution in [0.1, 0.15) is 27.2 Å². The second kappa shape index (κ2) is 7.07. The van der Waals surface area contributed by atoms with Crippen molar-refractivity contribution in [2.75, 3.05) is 20.2 Å². The molecule has 1 aromatic rings. The number of carbonyl (C=O) groups is 1. The number of pyridine rings is 1. The molecule has 2 unspecified atom stereocenters. The Hall–Kier alpha value is -1.66. The zero-order valence-corrected chi connectivity index (χ0v) is 13.8. The van der Waals surface area contributed by atoms with Crippen molar-refractivity contribution in [2.24, 2.45) is 5.41 Å². The van der Waals surface area contributed by atoms with Crippen molar-refractivity contribution < 1.29 is 9.53 Å². The van der Waals surface area contributed by atoms with E-state index in [4.69, 9.17) is 4.74 Å². The molecule has 6 heteroatoms. The lowest BCUT2D eigenvalue weighted by molar-refractivity contribution is -0.132. The van der Waals surface area contributed by atoms with Crippen LogP contribution in [-0.2, 0) is 4.79 Å². The summed E-state index contributed by atoms with van der Waals surface area (Å²) in [6.07, 6.45) is 4.28. The second-order valence-electron chi connectivity index (χ2n) is 6.89. The SMILES string of the molecule is CN(CC1CC(C(C)(C)C)NN1)C(=O)COc1cccnc1. The summed E-state index contributed by atoms with van der Waals surface area (Å²) in [6.45, 7) is 7.34. The molecule has 2 heterocycles. The van der Waals surface area contributed by atoms with Crippen molar-refractivity contribution in [3.63, 3.8) is 0 Å². The Balaban J connectivity index is 1.75. The third kappa shape index (κ3) is 4.68. The van der Waals surface area contributed by atoms with E-state index in [0.717, 1.165) is 6.42 Å². The molecule has 0 bridgehead atoms. The van der Waals surface area contributed by atoms with E-state index in [-0.39, 0.29) is 24.0 Å². The van der Waals surface area contributed by atoms with Gasteiger partial charge in [-0.1, -0.05) is 20.8 Å². The van der Waals surface area contributed by atoms with Crippen LogP contribution >= 0.6 is 0 Å². The Kier molecular flexibility index (Phi) is 5.37. The molecule has 0 spiro atoms. The fourth-order valence-electron chi connectivity index (χ4n) is 2.43. The van der Waals surface area contributed by atoms with Gasteiger partial charge in [-0.05, 0) is 24.0 Å². The standard InChI is InChI=1S/C16H26N4O2/c1-16(2,3)14-8-12(18-19-14)10-20(4)15(21)11-22-13-6-5-7-17-9-13/h5-7,9,12,14,18-19H,8,10-11H2,1-4H3. The van der Waals surface area contributed by atoms with Crippen molar-refractivity contribution in [1.82, 2.24) is 20.7 Å². The molecule has 1 aromatic heterocycles. The summed E-state index contributed by atoms with van der Waals surface area (Å²) in [7, 11) is 1.81. The number of rotatable bonds is 5. The molecule has 0 saturated carbocycles. The van der Waals surface area contributed by atoms with Crippen molar-refractivity contribution in [3.05, 3.63) is 24.5 Å².